The zero-order valence-corrected chi connectivity index (χ0v) is 17.3. The smallest absolute Gasteiger partial charge is 0.307 e. The quantitative estimate of drug-likeness (QED) is 0.426. The maximum Gasteiger partial charge on any atom is 0.307 e. The Hall–Kier alpha value is -3.44. The average molecular weight is 416 g/mol. The van der Waals surface area contributed by atoms with Gasteiger partial charge in [-0.3, -0.25) is 9.59 Å². The number of anilines is 1. The standard InChI is InChI=1S/C25H21NO3S/c1-16-6-8-17(9-7-16)14-21-20-4-2-3-5-22(20)30-24(21)25(29)26-19-12-10-18(11-13-19)15-23(27)28/h2-13H,14-15H2,1H3,(H,26,29)(H,27,28). The number of aliphatic carboxylic acids is 1. The number of hydrogen-bond acceptors (Lipinski definition) is 3. The van der Waals surface area contributed by atoms with Gasteiger partial charge >= 0.3 is 5.97 Å². The van der Waals surface area contributed by atoms with Gasteiger partial charge in [0.2, 0.25) is 0 Å². The molecule has 0 saturated carbocycles. The van der Waals surface area contributed by atoms with Crippen LogP contribution in [-0.4, -0.2) is 17.0 Å². The Morgan fingerprint density at radius 3 is 2.27 bits per heavy atom. The molecule has 150 valence electrons. The Morgan fingerprint density at radius 2 is 1.57 bits per heavy atom. The van der Waals surface area contributed by atoms with Gasteiger partial charge in [0.05, 0.1) is 11.3 Å². The zero-order chi connectivity index (χ0) is 21.1. The van der Waals surface area contributed by atoms with Crippen LogP contribution < -0.4 is 5.32 Å². The van der Waals surface area contributed by atoms with Gasteiger partial charge in [0.1, 0.15) is 0 Å². The van der Waals surface area contributed by atoms with Crippen LogP contribution in [0, 0.1) is 6.92 Å². The van der Waals surface area contributed by atoms with Crippen molar-refractivity contribution >= 4 is 39.0 Å². The lowest BCUT2D eigenvalue weighted by atomic mass is 10.0. The second kappa shape index (κ2) is 8.51. The summed E-state index contributed by atoms with van der Waals surface area (Å²) in [7, 11) is 0. The molecular formula is C25H21NO3S. The topological polar surface area (TPSA) is 66.4 Å². The van der Waals surface area contributed by atoms with Crippen LogP contribution in [0.4, 0.5) is 5.69 Å². The van der Waals surface area contributed by atoms with E-state index < -0.39 is 5.97 Å². The molecule has 1 heterocycles. The normalized spacial score (nSPS) is 10.8. The molecule has 4 nitrogen and oxygen atoms in total. The summed E-state index contributed by atoms with van der Waals surface area (Å²) in [4.78, 5) is 24.7. The highest BCUT2D eigenvalue weighted by atomic mass is 32.1. The molecule has 0 fully saturated rings. The highest BCUT2D eigenvalue weighted by Gasteiger charge is 2.19. The van der Waals surface area contributed by atoms with Crippen molar-refractivity contribution in [3.8, 4) is 0 Å². The van der Waals surface area contributed by atoms with Crippen LogP contribution in [0.2, 0.25) is 0 Å². The van der Waals surface area contributed by atoms with E-state index >= 15 is 0 Å². The van der Waals surface area contributed by atoms with E-state index in [1.807, 2.05) is 18.2 Å². The number of carboxylic acid groups (broad SMARTS) is 1. The molecule has 0 aliphatic carbocycles. The number of carbonyl (C=O) groups is 2. The molecule has 4 aromatic rings. The molecule has 5 heteroatoms. The van der Waals surface area contributed by atoms with E-state index in [0.717, 1.165) is 21.2 Å². The number of rotatable bonds is 6. The third-order valence-corrected chi connectivity index (χ3v) is 6.19. The van der Waals surface area contributed by atoms with Crippen LogP contribution in [-0.2, 0) is 17.6 Å². The first-order valence-corrected chi connectivity index (χ1v) is 10.5. The molecule has 4 rings (SSSR count). The third kappa shape index (κ3) is 4.42. The summed E-state index contributed by atoms with van der Waals surface area (Å²) in [5.41, 5.74) is 4.74. The van der Waals surface area contributed by atoms with Gasteiger partial charge in [-0.05, 0) is 53.6 Å². The predicted octanol–water partition coefficient (Wildman–Crippen LogP) is 5.68. The SMILES string of the molecule is Cc1ccc(Cc2c(C(=O)Nc3ccc(CC(=O)O)cc3)sc3ccccc23)cc1. The van der Waals surface area contributed by atoms with Gasteiger partial charge in [-0.1, -0.05) is 60.2 Å². The highest BCUT2D eigenvalue weighted by Crippen LogP contribution is 2.33. The zero-order valence-electron chi connectivity index (χ0n) is 16.5. The van der Waals surface area contributed by atoms with Gasteiger partial charge in [0.25, 0.3) is 5.91 Å². The number of nitrogens with one attached hydrogen (secondary N) is 1. The second-order valence-corrected chi connectivity index (χ2v) is 8.34. The Balaban J connectivity index is 1.63. The Labute approximate surface area is 178 Å². The first-order valence-electron chi connectivity index (χ1n) is 9.67. The summed E-state index contributed by atoms with van der Waals surface area (Å²) in [5, 5.41) is 13.0. The minimum absolute atomic E-state index is 0.0365. The molecule has 2 N–H and O–H groups in total. The van der Waals surface area contributed by atoms with Crippen LogP contribution in [0.25, 0.3) is 10.1 Å². The number of carboxylic acids is 1. The van der Waals surface area contributed by atoms with Crippen molar-refractivity contribution < 1.29 is 14.7 Å². The van der Waals surface area contributed by atoms with Crippen LogP contribution in [0.5, 0.6) is 0 Å². The van der Waals surface area contributed by atoms with Crippen molar-refractivity contribution in [2.45, 2.75) is 19.8 Å². The maximum atomic E-state index is 13.1. The first kappa shape index (κ1) is 19.9. The van der Waals surface area contributed by atoms with E-state index in [4.69, 9.17) is 5.11 Å². The molecule has 30 heavy (non-hydrogen) atoms. The molecule has 0 unspecified atom stereocenters. The summed E-state index contributed by atoms with van der Waals surface area (Å²) >= 11 is 1.50. The molecule has 1 amide bonds. The van der Waals surface area contributed by atoms with Crippen molar-refractivity contribution in [2.75, 3.05) is 5.32 Å². The molecule has 0 radical (unpaired) electrons. The van der Waals surface area contributed by atoms with Gasteiger partial charge in [0.15, 0.2) is 0 Å². The van der Waals surface area contributed by atoms with Gasteiger partial charge in [0, 0.05) is 10.4 Å². The van der Waals surface area contributed by atoms with E-state index in [2.05, 4.69) is 42.6 Å². The molecule has 0 bridgehead atoms. The van der Waals surface area contributed by atoms with Gasteiger partial charge in [-0.25, -0.2) is 0 Å². The van der Waals surface area contributed by atoms with Crippen LogP contribution in [0.1, 0.15) is 31.9 Å². The van der Waals surface area contributed by atoms with E-state index in [-0.39, 0.29) is 12.3 Å². The number of aryl methyl sites for hydroxylation is 1. The van der Waals surface area contributed by atoms with Crippen molar-refractivity contribution in [3.05, 3.63) is 99.9 Å². The monoisotopic (exact) mass is 415 g/mol. The van der Waals surface area contributed by atoms with Crippen molar-refractivity contribution in [1.29, 1.82) is 0 Å². The van der Waals surface area contributed by atoms with Crippen molar-refractivity contribution in [2.24, 2.45) is 0 Å². The number of hydrogen-bond donors (Lipinski definition) is 2. The summed E-state index contributed by atoms with van der Waals surface area (Å²) in [5.74, 6) is -1.03. The molecule has 1 aromatic heterocycles. The summed E-state index contributed by atoms with van der Waals surface area (Å²) < 4.78 is 1.08. The number of carbonyl (C=O) groups excluding carboxylic acids is 1. The number of amides is 1. The van der Waals surface area contributed by atoms with Crippen molar-refractivity contribution in [1.82, 2.24) is 0 Å². The lowest BCUT2D eigenvalue weighted by Gasteiger charge is -2.08. The van der Waals surface area contributed by atoms with E-state index in [9.17, 15) is 9.59 Å². The first-order chi connectivity index (χ1) is 14.5. The summed E-state index contributed by atoms with van der Waals surface area (Å²) in [6, 6.07) is 23.4. The van der Waals surface area contributed by atoms with Crippen LogP contribution in [0.15, 0.2) is 72.8 Å². The summed E-state index contributed by atoms with van der Waals surface area (Å²) in [6.45, 7) is 2.06. The van der Waals surface area contributed by atoms with Gasteiger partial charge < -0.3 is 10.4 Å². The molecule has 0 atom stereocenters. The minimum Gasteiger partial charge on any atom is -0.481 e. The van der Waals surface area contributed by atoms with Crippen molar-refractivity contribution in [3.63, 3.8) is 0 Å². The summed E-state index contributed by atoms with van der Waals surface area (Å²) in [6.07, 6.45) is 0.649. The third-order valence-electron chi connectivity index (χ3n) is 4.97. The Bertz CT molecular complexity index is 1210. The maximum absolute atomic E-state index is 13.1. The fourth-order valence-electron chi connectivity index (χ4n) is 3.44. The average Bonchev–Trinajstić information content (AvgIpc) is 3.09. The van der Waals surface area contributed by atoms with E-state index in [0.29, 0.717) is 22.5 Å². The molecule has 3 aromatic carbocycles. The number of thiophene rings is 1. The van der Waals surface area contributed by atoms with E-state index in [1.54, 1.807) is 24.3 Å². The Kier molecular flexibility index (Phi) is 5.63. The predicted molar refractivity (Wildman–Crippen MR) is 122 cm³/mol. The fourth-order valence-corrected chi connectivity index (χ4v) is 4.55. The number of benzene rings is 3. The van der Waals surface area contributed by atoms with Crippen LogP contribution in [0.3, 0.4) is 0 Å². The molecular weight excluding hydrogens is 394 g/mol. The highest BCUT2D eigenvalue weighted by molar-refractivity contribution is 7.21. The molecule has 0 saturated heterocycles. The van der Waals surface area contributed by atoms with Gasteiger partial charge in [-0.15, -0.1) is 11.3 Å². The second-order valence-electron chi connectivity index (χ2n) is 7.29. The molecule has 0 aliphatic rings. The largest absolute Gasteiger partial charge is 0.481 e. The van der Waals surface area contributed by atoms with Crippen LogP contribution >= 0.6 is 11.3 Å². The lowest BCUT2D eigenvalue weighted by molar-refractivity contribution is -0.136. The fraction of sp³-hybridized carbons (Fsp3) is 0.120. The molecule has 0 spiro atoms. The Morgan fingerprint density at radius 1 is 0.900 bits per heavy atom. The molecule has 0 aliphatic heterocycles. The van der Waals surface area contributed by atoms with Gasteiger partial charge in [-0.2, -0.15) is 0 Å². The minimum atomic E-state index is -0.877. The van der Waals surface area contributed by atoms with E-state index in [1.165, 1.54) is 16.9 Å². The number of fused-ring (bicyclic) bond motifs is 1. The lowest BCUT2D eigenvalue weighted by Crippen LogP contribution is -2.12.